The van der Waals surface area contributed by atoms with E-state index in [1.165, 1.54) is 0 Å². The SMILES string of the molecule is O=C(O)C(S)CCCCO. The van der Waals surface area contributed by atoms with Crippen LogP contribution in [0.15, 0.2) is 0 Å². The average molecular weight is 164 g/mol. The summed E-state index contributed by atoms with van der Waals surface area (Å²) in [4.78, 5) is 10.2. The highest BCUT2D eigenvalue weighted by molar-refractivity contribution is 7.81. The van der Waals surface area contributed by atoms with E-state index in [0.717, 1.165) is 6.42 Å². The molecule has 0 saturated heterocycles. The van der Waals surface area contributed by atoms with Gasteiger partial charge in [-0.15, -0.1) is 0 Å². The molecule has 2 N–H and O–H groups in total. The molecule has 0 heterocycles. The predicted molar refractivity (Wildman–Crippen MR) is 41.3 cm³/mol. The number of carbonyl (C=O) groups is 1. The highest BCUT2D eigenvalue weighted by Crippen LogP contribution is 2.06. The lowest BCUT2D eigenvalue weighted by Gasteiger charge is -2.02. The molecule has 0 saturated carbocycles. The van der Waals surface area contributed by atoms with Gasteiger partial charge in [0.25, 0.3) is 0 Å². The maximum absolute atomic E-state index is 10.2. The molecule has 60 valence electrons. The van der Waals surface area contributed by atoms with E-state index in [1.807, 2.05) is 0 Å². The van der Waals surface area contributed by atoms with Gasteiger partial charge >= 0.3 is 5.97 Å². The van der Waals surface area contributed by atoms with Crippen LogP contribution in [-0.4, -0.2) is 28.0 Å². The van der Waals surface area contributed by atoms with Crippen molar-refractivity contribution in [2.24, 2.45) is 0 Å². The van der Waals surface area contributed by atoms with Gasteiger partial charge in [0.2, 0.25) is 0 Å². The number of unbranched alkanes of at least 4 members (excludes halogenated alkanes) is 1. The van der Waals surface area contributed by atoms with E-state index in [4.69, 9.17) is 10.2 Å². The first-order chi connectivity index (χ1) is 4.68. The largest absolute Gasteiger partial charge is 0.480 e. The number of aliphatic carboxylic acids is 1. The Bertz CT molecular complexity index is 105. The molecule has 0 aliphatic rings. The zero-order chi connectivity index (χ0) is 7.98. The van der Waals surface area contributed by atoms with E-state index in [1.54, 1.807) is 0 Å². The third-order valence-corrected chi connectivity index (χ3v) is 1.65. The molecule has 10 heavy (non-hydrogen) atoms. The van der Waals surface area contributed by atoms with Crippen LogP contribution in [0.2, 0.25) is 0 Å². The van der Waals surface area contributed by atoms with Gasteiger partial charge in [-0.1, -0.05) is 0 Å². The molecule has 1 atom stereocenters. The Morgan fingerprint density at radius 1 is 1.50 bits per heavy atom. The predicted octanol–water partition coefficient (Wildman–Crippen LogP) is 0.532. The Kier molecular flexibility index (Phi) is 5.43. The minimum Gasteiger partial charge on any atom is -0.480 e. The van der Waals surface area contributed by atoms with Crippen LogP contribution in [0.3, 0.4) is 0 Å². The van der Waals surface area contributed by atoms with Gasteiger partial charge < -0.3 is 10.2 Å². The second-order valence-electron chi connectivity index (χ2n) is 2.07. The third kappa shape index (κ3) is 4.64. The molecule has 0 aromatic heterocycles. The topological polar surface area (TPSA) is 57.5 Å². The lowest BCUT2D eigenvalue weighted by atomic mass is 10.2. The van der Waals surface area contributed by atoms with Gasteiger partial charge in [-0.2, -0.15) is 12.6 Å². The quantitative estimate of drug-likeness (QED) is 0.410. The van der Waals surface area contributed by atoms with E-state index in [2.05, 4.69) is 12.6 Å². The number of aliphatic hydroxyl groups excluding tert-OH is 1. The van der Waals surface area contributed by atoms with Crippen molar-refractivity contribution < 1.29 is 15.0 Å². The van der Waals surface area contributed by atoms with Crippen LogP contribution in [0.4, 0.5) is 0 Å². The molecule has 0 fully saturated rings. The average Bonchev–Trinajstić information content (AvgIpc) is 1.88. The first-order valence-electron chi connectivity index (χ1n) is 3.20. The van der Waals surface area contributed by atoms with Crippen LogP contribution in [0.25, 0.3) is 0 Å². The second kappa shape index (κ2) is 5.56. The molecule has 0 aromatic carbocycles. The Morgan fingerprint density at radius 3 is 2.50 bits per heavy atom. The lowest BCUT2D eigenvalue weighted by molar-refractivity contribution is -0.136. The summed E-state index contributed by atoms with van der Waals surface area (Å²) in [5, 5.41) is 16.1. The van der Waals surface area contributed by atoms with Gasteiger partial charge in [0.1, 0.15) is 0 Å². The van der Waals surface area contributed by atoms with Gasteiger partial charge in [-0.05, 0) is 19.3 Å². The summed E-state index contributed by atoms with van der Waals surface area (Å²) >= 11 is 3.82. The molecule has 0 amide bonds. The minimum atomic E-state index is -0.888. The van der Waals surface area contributed by atoms with Crippen LogP contribution >= 0.6 is 12.6 Å². The first kappa shape index (κ1) is 9.78. The van der Waals surface area contributed by atoms with Crippen molar-refractivity contribution in [3.8, 4) is 0 Å². The molecule has 0 rings (SSSR count). The molecule has 0 aliphatic heterocycles. The molecule has 4 heteroatoms. The van der Waals surface area contributed by atoms with Crippen molar-refractivity contribution in [1.82, 2.24) is 0 Å². The smallest absolute Gasteiger partial charge is 0.316 e. The number of hydrogen-bond acceptors (Lipinski definition) is 3. The van der Waals surface area contributed by atoms with Crippen molar-refractivity contribution in [3.05, 3.63) is 0 Å². The minimum absolute atomic E-state index is 0.125. The highest BCUT2D eigenvalue weighted by atomic mass is 32.1. The lowest BCUT2D eigenvalue weighted by Crippen LogP contribution is -2.12. The molecule has 3 nitrogen and oxygen atoms in total. The van der Waals surface area contributed by atoms with Crippen LogP contribution in [0.1, 0.15) is 19.3 Å². The van der Waals surface area contributed by atoms with Crippen molar-refractivity contribution in [1.29, 1.82) is 0 Å². The molecular weight excluding hydrogens is 152 g/mol. The molecule has 0 spiro atoms. The number of hydrogen-bond donors (Lipinski definition) is 3. The van der Waals surface area contributed by atoms with Crippen LogP contribution in [-0.2, 0) is 4.79 Å². The molecule has 0 radical (unpaired) electrons. The van der Waals surface area contributed by atoms with Gasteiger partial charge in [0.05, 0.1) is 5.25 Å². The molecule has 0 aliphatic carbocycles. The zero-order valence-corrected chi connectivity index (χ0v) is 6.55. The Morgan fingerprint density at radius 2 is 2.10 bits per heavy atom. The standard InChI is InChI=1S/C6H12O3S/c7-4-2-1-3-5(10)6(8)9/h5,7,10H,1-4H2,(H,8,9). The maximum Gasteiger partial charge on any atom is 0.316 e. The summed E-state index contributed by atoms with van der Waals surface area (Å²) in [5.74, 6) is -0.888. The van der Waals surface area contributed by atoms with Gasteiger partial charge in [-0.25, -0.2) is 0 Å². The second-order valence-corrected chi connectivity index (χ2v) is 2.70. The van der Waals surface area contributed by atoms with Crippen LogP contribution in [0, 0.1) is 0 Å². The number of thiol groups is 1. The molecule has 1 unspecified atom stereocenters. The van der Waals surface area contributed by atoms with Crippen LogP contribution < -0.4 is 0 Å². The Balaban J connectivity index is 3.21. The summed E-state index contributed by atoms with van der Waals surface area (Å²) in [6, 6.07) is 0. The summed E-state index contributed by atoms with van der Waals surface area (Å²) in [5.41, 5.74) is 0. The van der Waals surface area contributed by atoms with E-state index in [0.29, 0.717) is 12.8 Å². The van der Waals surface area contributed by atoms with Gasteiger partial charge in [0.15, 0.2) is 0 Å². The highest BCUT2D eigenvalue weighted by Gasteiger charge is 2.09. The fraction of sp³-hybridized carbons (Fsp3) is 0.833. The Hall–Kier alpha value is -0.220. The molecule has 0 aromatic rings. The third-order valence-electron chi connectivity index (χ3n) is 1.17. The normalized spacial score (nSPS) is 13.0. The molecule has 0 bridgehead atoms. The van der Waals surface area contributed by atoms with Gasteiger partial charge in [-0.3, -0.25) is 4.79 Å². The van der Waals surface area contributed by atoms with Crippen LogP contribution in [0.5, 0.6) is 0 Å². The maximum atomic E-state index is 10.2. The Labute approximate surface area is 65.5 Å². The zero-order valence-electron chi connectivity index (χ0n) is 5.66. The van der Waals surface area contributed by atoms with E-state index in [9.17, 15) is 4.79 Å². The summed E-state index contributed by atoms with van der Waals surface area (Å²) in [7, 11) is 0. The summed E-state index contributed by atoms with van der Waals surface area (Å²) in [6.07, 6.45) is 1.90. The molecular formula is C6H12O3S. The van der Waals surface area contributed by atoms with E-state index < -0.39 is 11.2 Å². The fourth-order valence-corrected chi connectivity index (χ4v) is 0.756. The summed E-state index contributed by atoms with van der Waals surface area (Å²) in [6.45, 7) is 0.125. The number of rotatable bonds is 5. The van der Waals surface area contributed by atoms with Gasteiger partial charge in [0, 0.05) is 6.61 Å². The van der Waals surface area contributed by atoms with E-state index in [-0.39, 0.29) is 6.61 Å². The monoisotopic (exact) mass is 164 g/mol. The van der Waals surface area contributed by atoms with E-state index >= 15 is 0 Å². The summed E-state index contributed by atoms with van der Waals surface area (Å²) < 4.78 is 0. The number of aliphatic hydroxyl groups is 1. The van der Waals surface area contributed by atoms with Crippen molar-refractivity contribution in [3.63, 3.8) is 0 Å². The fourth-order valence-electron chi connectivity index (χ4n) is 0.573. The first-order valence-corrected chi connectivity index (χ1v) is 3.72. The number of carboxylic acids is 1. The van der Waals surface area contributed by atoms with Crippen molar-refractivity contribution >= 4 is 18.6 Å². The number of carboxylic acid groups (broad SMARTS) is 1. The van der Waals surface area contributed by atoms with Crippen molar-refractivity contribution in [2.45, 2.75) is 24.5 Å². The van der Waals surface area contributed by atoms with Crippen molar-refractivity contribution in [2.75, 3.05) is 6.61 Å².